The molecule has 0 aliphatic carbocycles. The van der Waals surface area contributed by atoms with Crippen molar-refractivity contribution in [1.29, 1.82) is 0 Å². The predicted octanol–water partition coefficient (Wildman–Crippen LogP) is 2.47. The number of rotatable bonds is 2. The molecule has 4 aromatic rings. The summed E-state index contributed by atoms with van der Waals surface area (Å²) in [7, 11) is 0. The molecule has 4 nitrogen and oxygen atoms in total. The lowest BCUT2D eigenvalue weighted by Crippen LogP contribution is -2.10. The third-order valence-corrected chi connectivity index (χ3v) is 3.96. The molecule has 4 rings (SSSR count). The van der Waals surface area contributed by atoms with Crippen molar-refractivity contribution in [3.8, 4) is 0 Å². The molecule has 0 radical (unpaired) electrons. The molecule has 104 valence electrons. The minimum atomic E-state index is -0.0971. The van der Waals surface area contributed by atoms with Crippen molar-refractivity contribution in [3.05, 3.63) is 64.4 Å². The van der Waals surface area contributed by atoms with Gasteiger partial charge in [-0.25, -0.2) is 0 Å². The maximum atomic E-state index is 12.3. The maximum absolute atomic E-state index is 12.3. The van der Waals surface area contributed by atoms with Crippen LogP contribution in [0.1, 0.15) is 5.56 Å². The van der Waals surface area contributed by atoms with E-state index in [-0.39, 0.29) is 12.2 Å². The average molecular weight is 278 g/mol. The second kappa shape index (κ2) is 4.46. The second-order valence-electron chi connectivity index (χ2n) is 5.12. The molecular formula is C17H14N2O2. The largest absolute Gasteiger partial charge is 0.396 e. The Hall–Kier alpha value is -2.59. The van der Waals surface area contributed by atoms with Crippen molar-refractivity contribution in [1.82, 2.24) is 9.38 Å². The molecule has 0 aliphatic heterocycles. The molecule has 2 N–H and O–H groups in total. The van der Waals surface area contributed by atoms with Crippen molar-refractivity contribution in [3.63, 3.8) is 0 Å². The molecule has 2 aromatic heterocycles. The fourth-order valence-electron chi connectivity index (χ4n) is 3.09. The second-order valence-corrected chi connectivity index (χ2v) is 5.12. The number of hydrogen-bond acceptors (Lipinski definition) is 2. The molecule has 0 aliphatic rings. The summed E-state index contributed by atoms with van der Waals surface area (Å²) in [6.45, 7) is 0.0541. The molecule has 21 heavy (non-hydrogen) atoms. The van der Waals surface area contributed by atoms with E-state index in [0.717, 1.165) is 27.6 Å². The van der Waals surface area contributed by atoms with Crippen LogP contribution in [0, 0.1) is 0 Å². The summed E-state index contributed by atoms with van der Waals surface area (Å²) in [5, 5.41) is 11.1. The van der Waals surface area contributed by atoms with Crippen molar-refractivity contribution in [2.45, 2.75) is 6.42 Å². The van der Waals surface area contributed by atoms with Gasteiger partial charge in [-0.2, -0.15) is 0 Å². The molecule has 4 heteroatoms. The highest BCUT2D eigenvalue weighted by Crippen LogP contribution is 2.28. The first-order valence-corrected chi connectivity index (χ1v) is 6.95. The van der Waals surface area contributed by atoms with E-state index in [0.29, 0.717) is 11.8 Å². The summed E-state index contributed by atoms with van der Waals surface area (Å²) in [5.41, 5.74) is 3.59. The van der Waals surface area contributed by atoms with Gasteiger partial charge in [0.15, 0.2) is 0 Å². The molecule has 0 fully saturated rings. The van der Waals surface area contributed by atoms with Crippen LogP contribution in [-0.2, 0) is 6.42 Å². The summed E-state index contributed by atoms with van der Waals surface area (Å²) in [5.74, 6) is 0. The quantitative estimate of drug-likeness (QED) is 0.592. The van der Waals surface area contributed by atoms with Crippen LogP contribution < -0.4 is 5.56 Å². The van der Waals surface area contributed by atoms with Gasteiger partial charge in [0.1, 0.15) is 5.65 Å². The fourth-order valence-corrected chi connectivity index (χ4v) is 3.09. The van der Waals surface area contributed by atoms with Gasteiger partial charge in [0.05, 0.1) is 16.4 Å². The Kier molecular flexibility index (Phi) is 2.59. The minimum absolute atomic E-state index is 0.0541. The number of aromatic nitrogens is 2. The fraction of sp³-hybridized carbons (Fsp3) is 0.118. The maximum Gasteiger partial charge on any atom is 0.258 e. The lowest BCUT2D eigenvalue weighted by Gasteiger charge is -2.04. The van der Waals surface area contributed by atoms with E-state index in [2.05, 4.69) is 9.38 Å². The lowest BCUT2D eigenvalue weighted by atomic mass is 10.1. The number of aliphatic hydroxyl groups is 1. The minimum Gasteiger partial charge on any atom is -0.396 e. The van der Waals surface area contributed by atoms with Crippen molar-refractivity contribution >= 4 is 27.5 Å². The van der Waals surface area contributed by atoms with E-state index in [1.807, 2.05) is 48.5 Å². The number of aliphatic hydroxyl groups excluding tert-OH is 1. The van der Waals surface area contributed by atoms with Crippen LogP contribution in [-0.4, -0.2) is 21.1 Å². The summed E-state index contributed by atoms with van der Waals surface area (Å²) in [6, 6.07) is 15.6. The zero-order valence-electron chi connectivity index (χ0n) is 11.3. The Morgan fingerprint density at radius 2 is 1.57 bits per heavy atom. The van der Waals surface area contributed by atoms with Crippen molar-refractivity contribution in [2.75, 3.05) is 6.61 Å². The molecule has 0 spiro atoms. The zero-order chi connectivity index (χ0) is 14.4. The average Bonchev–Trinajstić information content (AvgIpc) is 2.83. The third kappa shape index (κ3) is 1.63. The van der Waals surface area contributed by atoms with Crippen molar-refractivity contribution in [2.24, 2.45) is 0 Å². The number of fused-ring (bicyclic) bond motifs is 5. The van der Waals surface area contributed by atoms with Gasteiger partial charge in [-0.3, -0.25) is 9.20 Å². The summed E-state index contributed by atoms with van der Waals surface area (Å²) >= 11 is 0. The van der Waals surface area contributed by atoms with E-state index in [9.17, 15) is 9.90 Å². The molecule has 2 aromatic carbocycles. The Morgan fingerprint density at radius 3 is 2.29 bits per heavy atom. The van der Waals surface area contributed by atoms with Crippen molar-refractivity contribution < 1.29 is 5.11 Å². The topological polar surface area (TPSA) is 57.5 Å². The van der Waals surface area contributed by atoms with Crippen LogP contribution in [0.3, 0.4) is 0 Å². The molecule has 0 bridgehead atoms. The molecule has 0 unspecified atom stereocenters. The number of para-hydroxylation sites is 2. The summed E-state index contributed by atoms with van der Waals surface area (Å²) in [6.07, 6.45) is 0.519. The molecule has 0 saturated carbocycles. The van der Waals surface area contributed by atoms with E-state index >= 15 is 0 Å². The molecule has 0 atom stereocenters. The van der Waals surface area contributed by atoms with Gasteiger partial charge in [0.2, 0.25) is 0 Å². The SMILES string of the molecule is O=c1[nH]c2c(CCO)c3ccccc3n2c2ccccc12. The van der Waals surface area contributed by atoms with E-state index in [4.69, 9.17) is 0 Å². The van der Waals surface area contributed by atoms with Crippen LogP contribution in [0.15, 0.2) is 53.3 Å². The smallest absolute Gasteiger partial charge is 0.258 e. The molecular weight excluding hydrogens is 264 g/mol. The van der Waals surface area contributed by atoms with Gasteiger partial charge >= 0.3 is 0 Å². The number of nitrogens with one attached hydrogen (secondary N) is 1. The Bertz CT molecular complexity index is 1030. The molecule has 0 amide bonds. The van der Waals surface area contributed by atoms with Crippen LogP contribution in [0.4, 0.5) is 0 Å². The first-order valence-electron chi connectivity index (χ1n) is 6.95. The predicted molar refractivity (Wildman–Crippen MR) is 83.8 cm³/mol. The van der Waals surface area contributed by atoms with Gasteiger partial charge in [-0.1, -0.05) is 30.3 Å². The third-order valence-electron chi connectivity index (χ3n) is 3.96. The number of aromatic amines is 1. The monoisotopic (exact) mass is 278 g/mol. The van der Waals surface area contributed by atoms with Crippen LogP contribution in [0.5, 0.6) is 0 Å². The highest BCUT2D eigenvalue weighted by Gasteiger charge is 2.14. The number of nitrogens with zero attached hydrogens (tertiary/aromatic N) is 1. The number of benzene rings is 2. The normalized spacial score (nSPS) is 11.7. The van der Waals surface area contributed by atoms with Gasteiger partial charge < -0.3 is 10.1 Å². The van der Waals surface area contributed by atoms with Gasteiger partial charge in [-0.15, -0.1) is 0 Å². The highest BCUT2D eigenvalue weighted by atomic mass is 16.3. The first-order chi connectivity index (χ1) is 10.3. The standard InChI is InChI=1S/C17H14N2O2/c20-10-9-12-11-5-1-3-7-14(11)19-15-8-4-2-6-13(15)17(21)18-16(12)19/h1-8,20H,9-10H2,(H,18,21). The number of hydrogen-bond donors (Lipinski definition) is 2. The lowest BCUT2D eigenvalue weighted by molar-refractivity contribution is 0.300. The Morgan fingerprint density at radius 1 is 0.952 bits per heavy atom. The molecule has 2 heterocycles. The Labute approximate surface area is 120 Å². The van der Waals surface area contributed by atoms with Gasteiger partial charge in [-0.05, 0) is 24.6 Å². The summed E-state index contributed by atoms with van der Waals surface area (Å²) < 4.78 is 2.07. The Balaban J connectivity index is 2.35. The highest BCUT2D eigenvalue weighted by molar-refractivity contribution is 5.96. The molecule has 0 saturated heterocycles. The number of H-pyrrole nitrogens is 1. The summed E-state index contributed by atoms with van der Waals surface area (Å²) in [4.78, 5) is 15.3. The van der Waals surface area contributed by atoms with Gasteiger partial charge in [0, 0.05) is 17.6 Å². The van der Waals surface area contributed by atoms with Crippen LogP contribution in [0.2, 0.25) is 0 Å². The van der Waals surface area contributed by atoms with Crippen LogP contribution >= 0.6 is 0 Å². The zero-order valence-corrected chi connectivity index (χ0v) is 11.3. The van der Waals surface area contributed by atoms with Crippen LogP contribution in [0.25, 0.3) is 27.5 Å². The van der Waals surface area contributed by atoms with Gasteiger partial charge in [0.25, 0.3) is 5.56 Å². The van der Waals surface area contributed by atoms with E-state index < -0.39 is 0 Å². The first kappa shape index (κ1) is 12.2. The van der Waals surface area contributed by atoms with E-state index in [1.54, 1.807) is 0 Å². The van der Waals surface area contributed by atoms with E-state index in [1.165, 1.54) is 0 Å².